The van der Waals surface area contributed by atoms with Crippen molar-refractivity contribution < 1.29 is 8.42 Å². The van der Waals surface area contributed by atoms with Crippen LogP contribution in [0.3, 0.4) is 0 Å². The second-order valence-electron chi connectivity index (χ2n) is 5.36. The summed E-state index contributed by atoms with van der Waals surface area (Å²) in [6, 6.07) is 0. The molecule has 16 heavy (non-hydrogen) atoms. The summed E-state index contributed by atoms with van der Waals surface area (Å²) in [5.74, 6) is 0.684. The van der Waals surface area contributed by atoms with Gasteiger partial charge < -0.3 is 5.73 Å². The fourth-order valence-corrected chi connectivity index (χ4v) is 3.21. The molecule has 0 bridgehead atoms. The van der Waals surface area contributed by atoms with E-state index in [1.807, 2.05) is 0 Å². The van der Waals surface area contributed by atoms with Gasteiger partial charge in [-0.3, -0.25) is 0 Å². The van der Waals surface area contributed by atoms with Crippen LogP contribution >= 0.6 is 0 Å². The summed E-state index contributed by atoms with van der Waals surface area (Å²) in [7, 11) is -3.22. The van der Waals surface area contributed by atoms with E-state index in [0.29, 0.717) is 12.5 Å². The predicted octanol–water partition coefficient (Wildman–Crippen LogP) is 1.22. The number of rotatable bonds is 4. The molecule has 0 saturated heterocycles. The smallest absolute Gasteiger partial charge is 0.214 e. The molecule has 0 aromatic rings. The summed E-state index contributed by atoms with van der Waals surface area (Å²) in [4.78, 5) is 0. The average Bonchev–Trinajstić information content (AvgIpc) is 2.21. The number of nitrogens with two attached hydrogens (primary N) is 1. The van der Waals surface area contributed by atoms with Gasteiger partial charge in [-0.2, -0.15) is 0 Å². The van der Waals surface area contributed by atoms with E-state index >= 15 is 0 Å². The Morgan fingerprint density at radius 3 is 2.25 bits per heavy atom. The topological polar surface area (TPSA) is 72.2 Å². The Morgan fingerprint density at radius 1 is 1.38 bits per heavy atom. The summed E-state index contributed by atoms with van der Waals surface area (Å²) in [5.41, 5.74) is 5.37. The first kappa shape index (κ1) is 13.9. The molecular weight excluding hydrogens is 224 g/mol. The van der Waals surface area contributed by atoms with Crippen LogP contribution in [0.25, 0.3) is 0 Å². The van der Waals surface area contributed by atoms with Gasteiger partial charge >= 0.3 is 0 Å². The molecule has 0 aromatic heterocycles. The van der Waals surface area contributed by atoms with Crippen LogP contribution in [0.15, 0.2) is 0 Å². The molecule has 0 heterocycles. The zero-order valence-electron chi connectivity index (χ0n) is 10.5. The van der Waals surface area contributed by atoms with Crippen molar-refractivity contribution in [3.8, 4) is 0 Å². The molecule has 96 valence electrons. The fourth-order valence-electron chi connectivity index (χ4n) is 2.08. The minimum Gasteiger partial charge on any atom is -0.329 e. The lowest BCUT2D eigenvalue weighted by Crippen LogP contribution is -2.56. The van der Waals surface area contributed by atoms with E-state index < -0.39 is 20.8 Å². The van der Waals surface area contributed by atoms with Gasteiger partial charge in [0.05, 0.1) is 5.25 Å². The molecule has 1 fully saturated rings. The number of sulfonamides is 1. The molecule has 4 nitrogen and oxygen atoms in total. The van der Waals surface area contributed by atoms with E-state index in [2.05, 4.69) is 11.6 Å². The molecule has 5 heteroatoms. The van der Waals surface area contributed by atoms with Crippen molar-refractivity contribution in [2.45, 2.75) is 57.2 Å². The summed E-state index contributed by atoms with van der Waals surface area (Å²) >= 11 is 0. The van der Waals surface area contributed by atoms with Crippen LogP contribution in [-0.2, 0) is 10.0 Å². The van der Waals surface area contributed by atoms with E-state index in [1.54, 1.807) is 13.8 Å². The molecule has 1 saturated carbocycles. The van der Waals surface area contributed by atoms with E-state index in [0.717, 1.165) is 25.7 Å². The Labute approximate surface area is 99.0 Å². The maximum Gasteiger partial charge on any atom is 0.214 e. The first-order valence-corrected chi connectivity index (χ1v) is 7.59. The van der Waals surface area contributed by atoms with E-state index in [-0.39, 0.29) is 0 Å². The lowest BCUT2D eigenvalue weighted by Gasteiger charge is -2.39. The zero-order chi connectivity index (χ0) is 12.4. The number of nitrogens with one attached hydrogen (secondary N) is 1. The minimum atomic E-state index is -3.22. The summed E-state index contributed by atoms with van der Waals surface area (Å²) in [5, 5.41) is -0.393. The van der Waals surface area contributed by atoms with Crippen molar-refractivity contribution in [1.82, 2.24) is 4.72 Å². The third-order valence-electron chi connectivity index (χ3n) is 3.60. The Balaban J connectivity index is 2.76. The molecule has 0 atom stereocenters. The maximum absolute atomic E-state index is 11.9. The molecule has 0 aromatic carbocycles. The molecule has 3 N–H and O–H groups in total. The average molecular weight is 248 g/mol. The molecular formula is C11H24N2O2S. The SMILES string of the molecule is CC1CCC(CN)(NS(=O)(=O)C(C)C)CC1. The quantitative estimate of drug-likeness (QED) is 0.786. The highest BCUT2D eigenvalue weighted by Crippen LogP contribution is 2.32. The van der Waals surface area contributed by atoms with Gasteiger partial charge in [0.25, 0.3) is 0 Å². The molecule has 0 unspecified atom stereocenters. The normalized spacial score (nSPS) is 31.9. The van der Waals surface area contributed by atoms with Gasteiger partial charge in [-0.1, -0.05) is 6.92 Å². The van der Waals surface area contributed by atoms with Crippen LogP contribution in [-0.4, -0.2) is 25.8 Å². The van der Waals surface area contributed by atoms with Crippen LogP contribution in [0.1, 0.15) is 46.5 Å². The molecule has 0 spiro atoms. The largest absolute Gasteiger partial charge is 0.329 e. The van der Waals surface area contributed by atoms with Crippen LogP contribution in [0.5, 0.6) is 0 Å². The first-order chi connectivity index (χ1) is 7.31. The highest BCUT2D eigenvalue weighted by Gasteiger charge is 2.37. The van der Waals surface area contributed by atoms with E-state index in [9.17, 15) is 8.42 Å². The summed E-state index contributed by atoms with van der Waals surface area (Å²) in [6.45, 7) is 5.99. The highest BCUT2D eigenvalue weighted by atomic mass is 32.2. The van der Waals surface area contributed by atoms with Crippen molar-refractivity contribution in [1.29, 1.82) is 0 Å². The Hall–Kier alpha value is -0.130. The fraction of sp³-hybridized carbons (Fsp3) is 1.00. The van der Waals surface area contributed by atoms with Gasteiger partial charge in [0.15, 0.2) is 0 Å². The number of hydrogen-bond acceptors (Lipinski definition) is 3. The lowest BCUT2D eigenvalue weighted by atomic mass is 9.78. The number of hydrogen-bond donors (Lipinski definition) is 2. The lowest BCUT2D eigenvalue weighted by molar-refractivity contribution is 0.231. The molecule has 0 aliphatic heterocycles. The van der Waals surface area contributed by atoms with Crippen LogP contribution in [0.4, 0.5) is 0 Å². The zero-order valence-corrected chi connectivity index (χ0v) is 11.3. The van der Waals surface area contributed by atoms with Gasteiger partial charge in [-0.25, -0.2) is 13.1 Å². The van der Waals surface area contributed by atoms with Gasteiger partial charge in [0.2, 0.25) is 10.0 Å². The highest BCUT2D eigenvalue weighted by molar-refractivity contribution is 7.90. The molecule has 0 radical (unpaired) electrons. The van der Waals surface area contributed by atoms with E-state index in [4.69, 9.17) is 5.73 Å². The third-order valence-corrected chi connectivity index (χ3v) is 5.56. The van der Waals surface area contributed by atoms with Gasteiger partial charge in [-0.05, 0) is 45.4 Å². The standard InChI is InChI=1S/C11H24N2O2S/c1-9(2)16(14,15)13-11(8-12)6-4-10(3)5-7-11/h9-10,13H,4-8,12H2,1-3H3. The second kappa shape index (κ2) is 5.02. The van der Waals surface area contributed by atoms with Gasteiger partial charge in [0.1, 0.15) is 0 Å². The van der Waals surface area contributed by atoms with Crippen molar-refractivity contribution in [2.24, 2.45) is 11.7 Å². The minimum absolute atomic E-state index is 0.393. The summed E-state index contributed by atoms with van der Waals surface area (Å²) in [6.07, 6.45) is 3.82. The van der Waals surface area contributed by atoms with Crippen molar-refractivity contribution >= 4 is 10.0 Å². The molecule has 1 rings (SSSR count). The van der Waals surface area contributed by atoms with Crippen LogP contribution in [0, 0.1) is 5.92 Å². The van der Waals surface area contributed by atoms with Crippen molar-refractivity contribution in [3.05, 3.63) is 0 Å². The third kappa shape index (κ3) is 3.18. The maximum atomic E-state index is 11.9. The van der Waals surface area contributed by atoms with Crippen LogP contribution < -0.4 is 10.5 Å². The van der Waals surface area contributed by atoms with Gasteiger partial charge in [0, 0.05) is 12.1 Å². The Morgan fingerprint density at radius 2 is 1.88 bits per heavy atom. The van der Waals surface area contributed by atoms with Crippen LogP contribution in [0.2, 0.25) is 0 Å². The monoisotopic (exact) mass is 248 g/mol. The second-order valence-corrected chi connectivity index (χ2v) is 7.60. The molecule has 1 aliphatic rings. The van der Waals surface area contributed by atoms with E-state index in [1.165, 1.54) is 0 Å². The molecule has 1 aliphatic carbocycles. The Kier molecular flexibility index (Phi) is 4.37. The van der Waals surface area contributed by atoms with Crippen molar-refractivity contribution in [3.63, 3.8) is 0 Å². The first-order valence-electron chi connectivity index (χ1n) is 6.04. The van der Waals surface area contributed by atoms with Gasteiger partial charge in [-0.15, -0.1) is 0 Å². The Bertz CT molecular complexity index is 317. The molecule has 0 amide bonds. The summed E-state index contributed by atoms with van der Waals surface area (Å²) < 4.78 is 26.6. The predicted molar refractivity (Wildman–Crippen MR) is 66.6 cm³/mol. The van der Waals surface area contributed by atoms with Crippen molar-refractivity contribution in [2.75, 3.05) is 6.54 Å².